The quantitative estimate of drug-likeness (QED) is 0.737. The zero-order valence-corrected chi connectivity index (χ0v) is 9.77. The fraction of sp³-hybridized carbons (Fsp3) is 0.385. The van der Waals surface area contributed by atoms with E-state index in [-0.39, 0.29) is 11.8 Å². The van der Waals surface area contributed by atoms with Crippen LogP contribution in [0.1, 0.15) is 25.3 Å². The maximum absolute atomic E-state index is 12.1. The van der Waals surface area contributed by atoms with E-state index in [9.17, 15) is 9.59 Å². The van der Waals surface area contributed by atoms with Crippen LogP contribution in [-0.2, 0) is 15.0 Å². The first kappa shape index (κ1) is 11.8. The molecule has 2 rings (SSSR count). The van der Waals surface area contributed by atoms with E-state index in [0.29, 0.717) is 12.8 Å². The van der Waals surface area contributed by atoms with Gasteiger partial charge in [0.25, 0.3) is 0 Å². The van der Waals surface area contributed by atoms with Crippen molar-refractivity contribution in [3.8, 4) is 0 Å². The lowest BCUT2D eigenvalue weighted by atomic mass is 9.70. The van der Waals surface area contributed by atoms with Gasteiger partial charge in [0.2, 0.25) is 11.8 Å². The lowest BCUT2D eigenvalue weighted by Gasteiger charge is -2.37. The number of carbonyl (C=O) groups excluding carboxylic acids is 2. The van der Waals surface area contributed by atoms with Crippen molar-refractivity contribution >= 4 is 11.8 Å². The van der Waals surface area contributed by atoms with Crippen LogP contribution < -0.4 is 11.1 Å². The van der Waals surface area contributed by atoms with Crippen LogP contribution >= 0.6 is 0 Å². The number of benzene rings is 1. The average molecular weight is 232 g/mol. The molecule has 90 valence electrons. The van der Waals surface area contributed by atoms with Gasteiger partial charge in [-0.1, -0.05) is 37.3 Å². The fourth-order valence-corrected chi connectivity index (χ4v) is 2.40. The Balaban J connectivity index is 2.44. The van der Waals surface area contributed by atoms with Gasteiger partial charge in [0.15, 0.2) is 0 Å². The van der Waals surface area contributed by atoms with Gasteiger partial charge in [0.05, 0.1) is 11.5 Å². The molecule has 0 saturated carbocycles. The standard InChI is InChI=1S/C13H16N2O2/c1-2-13(9-6-4-3-5-7-9)8-10(14)11(16)15-12(13)17/h3-7,10H,2,8,14H2,1H3,(H,15,16,17)/t10-,13+/m0/s1. The minimum atomic E-state index is -0.672. The van der Waals surface area contributed by atoms with E-state index < -0.39 is 11.5 Å². The monoisotopic (exact) mass is 232 g/mol. The molecule has 0 bridgehead atoms. The van der Waals surface area contributed by atoms with Gasteiger partial charge in [0.1, 0.15) is 0 Å². The predicted octanol–water partition coefficient (Wildman–Crippen LogP) is 0.708. The molecule has 0 aliphatic carbocycles. The molecule has 1 heterocycles. The van der Waals surface area contributed by atoms with Gasteiger partial charge in [-0.15, -0.1) is 0 Å². The Morgan fingerprint density at radius 3 is 2.59 bits per heavy atom. The number of hydrogen-bond acceptors (Lipinski definition) is 3. The smallest absolute Gasteiger partial charge is 0.243 e. The molecule has 1 fully saturated rings. The molecule has 1 aliphatic heterocycles. The molecule has 1 saturated heterocycles. The van der Waals surface area contributed by atoms with Crippen molar-refractivity contribution < 1.29 is 9.59 Å². The third-order valence-electron chi connectivity index (χ3n) is 3.51. The summed E-state index contributed by atoms with van der Waals surface area (Å²) in [6.07, 6.45) is 1.00. The summed E-state index contributed by atoms with van der Waals surface area (Å²) in [6, 6.07) is 8.88. The summed E-state index contributed by atoms with van der Waals surface area (Å²) in [5.41, 5.74) is 6.01. The van der Waals surface area contributed by atoms with E-state index in [4.69, 9.17) is 5.73 Å². The Morgan fingerprint density at radius 1 is 1.35 bits per heavy atom. The lowest BCUT2D eigenvalue weighted by Crippen LogP contribution is -2.59. The summed E-state index contributed by atoms with van der Waals surface area (Å²) >= 11 is 0. The maximum atomic E-state index is 12.1. The molecule has 4 nitrogen and oxygen atoms in total. The first-order valence-corrected chi connectivity index (χ1v) is 5.76. The molecular weight excluding hydrogens is 216 g/mol. The molecule has 0 unspecified atom stereocenters. The normalized spacial score (nSPS) is 28.9. The summed E-state index contributed by atoms with van der Waals surface area (Å²) in [6.45, 7) is 1.94. The van der Waals surface area contributed by atoms with Crippen molar-refractivity contribution in [1.82, 2.24) is 5.32 Å². The van der Waals surface area contributed by atoms with Crippen LogP contribution in [0.2, 0.25) is 0 Å². The highest BCUT2D eigenvalue weighted by Gasteiger charge is 2.45. The van der Waals surface area contributed by atoms with Crippen molar-refractivity contribution in [2.75, 3.05) is 0 Å². The first-order chi connectivity index (χ1) is 8.10. The summed E-state index contributed by atoms with van der Waals surface area (Å²) in [5.74, 6) is -0.618. The summed E-state index contributed by atoms with van der Waals surface area (Å²) in [7, 11) is 0. The summed E-state index contributed by atoms with van der Waals surface area (Å²) in [5, 5.41) is 2.37. The Bertz CT molecular complexity index is 444. The number of nitrogens with two attached hydrogens (primary N) is 1. The summed E-state index contributed by atoms with van der Waals surface area (Å²) in [4.78, 5) is 23.5. The number of hydrogen-bond donors (Lipinski definition) is 2. The molecule has 0 aromatic heterocycles. The van der Waals surface area contributed by atoms with Crippen molar-refractivity contribution in [1.29, 1.82) is 0 Å². The van der Waals surface area contributed by atoms with Crippen LogP contribution in [0.15, 0.2) is 30.3 Å². The molecule has 17 heavy (non-hydrogen) atoms. The molecule has 0 radical (unpaired) electrons. The second-order valence-corrected chi connectivity index (χ2v) is 4.43. The molecule has 1 aliphatic rings. The Labute approximate surface area is 100 Å². The third-order valence-corrected chi connectivity index (χ3v) is 3.51. The Hall–Kier alpha value is -1.68. The second-order valence-electron chi connectivity index (χ2n) is 4.43. The zero-order chi connectivity index (χ0) is 12.5. The fourth-order valence-electron chi connectivity index (χ4n) is 2.40. The van der Waals surface area contributed by atoms with Gasteiger partial charge >= 0.3 is 0 Å². The Kier molecular flexibility index (Phi) is 2.98. The van der Waals surface area contributed by atoms with E-state index in [1.165, 1.54) is 0 Å². The molecule has 2 amide bonds. The van der Waals surface area contributed by atoms with Gasteiger partial charge in [-0.3, -0.25) is 14.9 Å². The van der Waals surface area contributed by atoms with E-state index in [1.807, 2.05) is 37.3 Å². The zero-order valence-electron chi connectivity index (χ0n) is 9.77. The van der Waals surface area contributed by atoms with Crippen molar-refractivity contribution in [2.45, 2.75) is 31.2 Å². The third kappa shape index (κ3) is 1.85. The number of nitrogens with one attached hydrogen (secondary N) is 1. The van der Waals surface area contributed by atoms with Gasteiger partial charge in [-0.25, -0.2) is 0 Å². The van der Waals surface area contributed by atoms with Crippen LogP contribution in [0.5, 0.6) is 0 Å². The highest BCUT2D eigenvalue weighted by atomic mass is 16.2. The number of piperidine rings is 1. The van der Waals surface area contributed by atoms with Crippen LogP contribution in [0.4, 0.5) is 0 Å². The number of imide groups is 1. The largest absolute Gasteiger partial charge is 0.320 e. The number of rotatable bonds is 2. The SMILES string of the molecule is CC[C@]1(c2ccccc2)C[C@H](N)C(=O)NC1=O. The van der Waals surface area contributed by atoms with E-state index >= 15 is 0 Å². The van der Waals surface area contributed by atoms with Gasteiger partial charge < -0.3 is 5.73 Å². The molecule has 4 heteroatoms. The van der Waals surface area contributed by atoms with Crippen molar-refractivity contribution in [2.24, 2.45) is 5.73 Å². The molecule has 1 aromatic carbocycles. The van der Waals surface area contributed by atoms with E-state index in [0.717, 1.165) is 5.56 Å². The van der Waals surface area contributed by atoms with Crippen LogP contribution in [0.3, 0.4) is 0 Å². The van der Waals surface area contributed by atoms with Crippen molar-refractivity contribution in [3.63, 3.8) is 0 Å². The lowest BCUT2D eigenvalue weighted by molar-refractivity contribution is -0.139. The topological polar surface area (TPSA) is 72.2 Å². The van der Waals surface area contributed by atoms with Crippen LogP contribution in [-0.4, -0.2) is 17.9 Å². The highest BCUT2D eigenvalue weighted by Crippen LogP contribution is 2.35. The van der Waals surface area contributed by atoms with Gasteiger partial charge in [-0.2, -0.15) is 0 Å². The summed E-state index contributed by atoms with van der Waals surface area (Å²) < 4.78 is 0. The highest BCUT2D eigenvalue weighted by molar-refractivity contribution is 6.05. The minimum Gasteiger partial charge on any atom is -0.320 e. The average Bonchev–Trinajstić information content (AvgIpc) is 2.35. The van der Waals surface area contributed by atoms with Crippen molar-refractivity contribution in [3.05, 3.63) is 35.9 Å². The predicted molar refractivity (Wildman–Crippen MR) is 64.2 cm³/mol. The number of amides is 2. The minimum absolute atomic E-state index is 0.238. The molecule has 0 spiro atoms. The second kappa shape index (κ2) is 4.30. The molecule has 2 atom stereocenters. The first-order valence-electron chi connectivity index (χ1n) is 5.76. The van der Waals surface area contributed by atoms with Crippen LogP contribution in [0.25, 0.3) is 0 Å². The van der Waals surface area contributed by atoms with E-state index in [2.05, 4.69) is 5.32 Å². The van der Waals surface area contributed by atoms with Gasteiger partial charge in [-0.05, 0) is 18.4 Å². The van der Waals surface area contributed by atoms with E-state index in [1.54, 1.807) is 0 Å². The van der Waals surface area contributed by atoms with Crippen LogP contribution in [0, 0.1) is 0 Å². The van der Waals surface area contributed by atoms with Gasteiger partial charge in [0, 0.05) is 0 Å². The molecule has 1 aromatic rings. The molecular formula is C13H16N2O2. The number of carbonyl (C=O) groups is 2. The maximum Gasteiger partial charge on any atom is 0.243 e. The molecule has 3 N–H and O–H groups in total. The Morgan fingerprint density at radius 2 is 2.00 bits per heavy atom.